The summed E-state index contributed by atoms with van der Waals surface area (Å²) >= 11 is 0. The zero-order chi connectivity index (χ0) is 16.8. The first-order valence-electron chi connectivity index (χ1n) is 8.11. The van der Waals surface area contributed by atoms with Gasteiger partial charge >= 0.3 is 5.97 Å². The Balaban J connectivity index is 1.77. The zero-order valence-corrected chi connectivity index (χ0v) is 13.3. The van der Waals surface area contributed by atoms with Crippen LogP contribution in [0.25, 0.3) is 0 Å². The van der Waals surface area contributed by atoms with Crippen LogP contribution in [0.5, 0.6) is 0 Å². The van der Waals surface area contributed by atoms with Crippen LogP contribution in [0.2, 0.25) is 0 Å². The van der Waals surface area contributed by atoms with Gasteiger partial charge in [-0.1, -0.05) is 35.9 Å². The van der Waals surface area contributed by atoms with Crippen LogP contribution in [-0.4, -0.2) is 11.1 Å². The molecule has 0 fully saturated rings. The maximum Gasteiger partial charge on any atom is 0.335 e. The van der Waals surface area contributed by atoms with E-state index in [2.05, 4.69) is 30.5 Å². The molecule has 2 N–H and O–H groups in total. The highest BCUT2D eigenvalue weighted by atomic mass is 19.1. The Morgan fingerprint density at radius 1 is 1.21 bits per heavy atom. The smallest absolute Gasteiger partial charge is 0.335 e. The summed E-state index contributed by atoms with van der Waals surface area (Å²) < 4.78 is 14.6. The van der Waals surface area contributed by atoms with Gasteiger partial charge in [-0.15, -0.1) is 0 Å². The number of hydrogen-bond acceptors (Lipinski definition) is 2. The molecule has 0 radical (unpaired) electrons. The molecule has 4 rings (SSSR count). The lowest BCUT2D eigenvalue weighted by atomic mass is 9.76. The highest BCUT2D eigenvalue weighted by Crippen LogP contribution is 2.50. The first-order valence-corrected chi connectivity index (χ1v) is 8.11. The van der Waals surface area contributed by atoms with Gasteiger partial charge in [-0.3, -0.25) is 0 Å². The Bertz CT molecular complexity index is 859. The van der Waals surface area contributed by atoms with Crippen LogP contribution in [0.4, 0.5) is 10.1 Å². The summed E-state index contributed by atoms with van der Waals surface area (Å²) in [5, 5.41) is 12.5. The predicted octanol–water partition coefficient (Wildman–Crippen LogP) is 4.66. The monoisotopic (exact) mass is 323 g/mol. The molecule has 3 unspecified atom stereocenters. The summed E-state index contributed by atoms with van der Waals surface area (Å²) in [7, 11) is 0. The van der Waals surface area contributed by atoms with Gasteiger partial charge in [-0.05, 0) is 43.0 Å². The molecule has 1 heterocycles. The number of aromatic carboxylic acids is 1. The average Bonchev–Trinajstić information content (AvgIpc) is 3.04. The van der Waals surface area contributed by atoms with Crippen molar-refractivity contribution in [1.29, 1.82) is 0 Å². The molecule has 0 bridgehead atoms. The van der Waals surface area contributed by atoms with Crippen LogP contribution in [0, 0.1) is 18.7 Å². The molecule has 2 aromatic rings. The number of carboxylic acid groups (broad SMARTS) is 1. The van der Waals surface area contributed by atoms with Crippen molar-refractivity contribution in [1.82, 2.24) is 0 Å². The molecule has 0 aromatic heterocycles. The highest BCUT2D eigenvalue weighted by molar-refractivity contribution is 5.87. The summed E-state index contributed by atoms with van der Waals surface area (Å²) in [6.45, 7) is 2.07. The third kappa shape index (κ3) is 2.30. The second-order valence-corrected chi connectivity index (χ2v) is 6.61. The van der Waals surface area contributed by atoms with Crippen LogP contribution >= 0.6 is 0 Å². The van der Waals surface area contributed by atoms with Crippen molar-refractivity contribution in [2.24, 2.45) is 5.92 Å². The molecule has 0 saturated carbocycles. The Labute approximate surface area is 139 Å². The van der Waals surface area contributed by atoms with Gasteiger partial charge < -0.3 is 10.4 Å². The average molecular weight is 323 g/mol. The van der Waals surface area contributed by atoms with Crippen molar-refractivity contribution < 1.29 is 14.3 Å². The van der Waals surface area contributed by atoms with E-state index in [-0.39, 0.29) is 23.4 Å². The van der Waals surface area contributed by atoms with Crippen LogP contribution < -0.4 is 5.32 Å². The molecular formula is C20H18FNO2. The summed E-state index contributed by atoms with van der Waals surface area (Å²) in [5.74, 6) is -1.07. The number of benzene rings is 2. The Morgan fingerprint density at radius 3 is 2.79 bits per heavy atom. The number of halogens is 1. The molecule has 1 aliphatic carbocycles. The number of carboxylic acids is 1. The number of hydrogen-bond donors (Lipinski definition) is 2. The van der Waals surface area contributed by atoms with Crippen molar-refractivity contribution in [3.8, 4) is 0 Å². The van der Waals surface area contributed by atoms with E-state index >= 15 is 0 Å². The van der Waals surface area contributed by atoms with Crippen LogP contribution in [0.15, 0.2) is 48.6 Å². The molecule has 0 spiro atoms. The van der Waals surface area contributed by atoms with E-state index in [0.717, 1.165) is 18.2 Å². The first-order chi connectivity index (χ1) is 11.5. The Morgan fingerprint density at radius 2 is 2.04 bits per heavy atom. The number of carbonyl (C=O) groups is 1. The zero-order valence-electron chi connectivity index (χ0n) is 13.3. The number of allylic oxidation sites excluding steroid dienone is 2. The lowest BCUT2D eigenvalue weighted by molar-refractivity contribution is 0.0696. The van der Waals surface area contributed by atoms with E-state index in [0.29, 0.717) is 5.56 Å². The van der Waals surface area contributed by atoms with E-state index < -0.39 is 11.8 Å². The van der Waals surface area contributed by atoms with Crippen molar-refractivity contribution >= 4 is 11.7 Å². The lowest BCUT2D eigenvalue weighted by Gasteiger charge is -2.37. The summed E-state index contributed by atoms with van der Waals surface area (Å²) in [5.41, 5.74) is 4.01. The second-order valence-electron chi connectivity index (χ2n) is 6.61. The van der Waals surface area contributed by atoms with E-state index in [1.54, 1.807) is 6.07 Å². The molecular weight excluding hydrogens is 305 g/mol. The molecule has 2 aliphatic rings. The molecule has 122 valence electrons. The third-order valence-electron chi connectivity index (χ3n) is 5.10. The second kappa shape index (κ2) is 5.48. The quantitative estimate of drug-likeness (QED) is 0.790. The van der Waals surface area contributed by atoms with Crippen molar-refractivity contribution in [2.75, 3.05) is 5.32 Å². The largest absolute Gasteiger partial charge is 0.478 e. The van der Waals surface area contributed by atoms with Crippen LogP contribution in [0.3, 0.4) is 0 Å². The molecule has 4 heteroatoms. The summed E-state index contributed by atoms with van der Waals surface area (Å²) in [4.78, 5) is 11.0. The summed E-state index contributed by atoms with van der Waals surface area (Å²) in [6, 6.07) is 10.3. The highest BCUT2D eigenvalue weighted by Gasteiger charge is 2.38. The van der Waals surface area contributed by atoms with Gasteiger partial charge in [0, 0.05) is 17.2 Å². The molecule has 0 amide bonds. The normalized spacial score (nSPS) is 24.2. The standard InChI is InChI=1S/C20H18FNO2/c1-11-5-8-18-16(9-11)13-3-2-4-14(13)19(22-18)15-7-6-12(20(23)24)10-17(15)21/h2-3,5-10,13-14,19,22H,4H2,1H3,(H,23,24). The van der Waals surface area contributed by atoms with Crippen LogP contribution in [0.1, 0.15) is 45.4 Å². The lowest BCUT2D eigenvalue weighted by Crippen LogP contribution is -2.29. The van der Waals surface area contributed by atoms with Gasteiger partial charge in [0.15, 0.2) is 0 Å². The fourth-order valence-corrected chi connectivity index (χ4v) is 3.93. The molecule has 3 nitrogen and oxygen atoms in total. The Kier molecular flexibility index (Phi) is 3.41. The third-order valence-corrected chi connectivity index (χ3v) is 5.10. The number of nitrogens with one attached hydrogen (secondary N) is 1. The number of rotatable bonds is 2. The molecule has 24 heavy (non-hydrogen) atoms. The van der Waals surface area contributed by atoms with Crippen molar-refractivity contribution in [3.63, 3.8) is 0 Å². The number of aryl methyl sites for hydroxylation is 1. The van der Waals surface area contributed by atoms with Crippen molar-refractivity contribution in [2.45, 2.75) is 25.3 Å². The maximum atomic E-state index is 14.6. The van der Waals surface area contributed by atoms with Gasteiger partial charge in [0.05, 0.1) is 11.6 Å². The van der Waals surface area contributed by atoms with E-state index in [4.69, 9.17) is 5.11 Å². The number of anilines is 1. The Hall–Kier alpha value is -2.62. The molecule has 3 atom stereocenters. The maximum absolute atomic E-state index is 14.6. The topological polar surface area (TPSA) is 49.3 Å². The van der Waals surface area contributed by atoms with Gasteiger partial charge in [-0.2, -0.15) is 0 Å². The fraction of sp³-hybridized carbons (Fsp3) is 0.250. The summed E-state index contributed by atoms with van der Waals surface area (Å²) in [6.07, 6.45) is 5.25. The van der Waals surface area contributed by atoms with Crippen LogP contribution in [-0.2, 0) is 0 Å². The van der Waals surface area contributed by atoms with Gasteiger partial charge in [0.1, 0.15) is 5.82 Å². The fourth-order valence-electron chi connectivity index (χ4n) is 3.93. The molecule has 2 aromatic carbocycles. The van der Waals surface area contributed by atoms with Gasteiger partial charge in [0.25, 0.3) is 0 Å². The van der Waals surface area contributed by atoms with Crippen molar-refractivity contribution in [3.05, 3.63) is 76.6 Å². The minimum Gasteiger partial charge on any atom is -0.478 e. The van der Waals surface area contributed by atoms with Gasteiger partial charge in [-0.25, -0.2) is 9.18 Å². The predicted molar refractivity (Wildman–Crippen MR) is 90.9 cm³/mol. The van der Waals surface area contributed by atoms with E-state index in [9.17, 15) is 9.18 Å². The van der Waals surface area contributed by atoms with Gasteiger partial charge in [0.2, 0.25) is 0 Å². The van der Waals surface area contributed by atoms with E-state index in [1.807, 2.05) is 12.1 Å². The molecule has 1 aliphatic heterocycles. The molecule has 0 saturated heterocycles. The van der Waals surface area contributed by atoms with E-state index in [1.165, 1.54) is 17.2 Å². The first kappa shape index (κ1) is 14.9. The minimum absolute atomic E-state index is 0.0239. The number of fused-ring (bicyclic) bond motifs is 3. The SMILES string of the molecule is Cc1ccc2c(c1)C1C=CCC1C(c1ccc(C(=O)O)cc1F)N2. The minimum atomic E-state index is -1.11.